The highest BCUT2D eigenvalue weighted by Gasteiger charge is 2.16. The van der Waals surface area contributed by atoms with E-state index in [2.05, 4.69) is 5.32 Å². The summed E-state index contributed by atoms with van der Waals surface area (Å²) in [4.78, 5) is 26.5. The van der Waals surface area contributed by atoms with Gasteiger partial charge in [0.1, 0.15) is 5.75 Å². The third kappa shape index (κ3) is 5.47. The summed E-state index contributed by atoms with van der Waals surface area (Å²) in [5.74, 6) is 0.381. The van der Waals surface area contributed by atoms with E-state index in [0.717, 1.165) is 12.0 Å². The lowest BCUT2D eigenvalue weighted by molar-refractivity contribution is -0.119. The first kappa shape index (κ1) is 20.8. The molecule has 0 fully saturated rings. The van der Waals surface area contributed by atoms with E-state index in [0.29, 0.717) is 28.6 Å². The van der Waals surface area contributed by atoms with Crippen molar-refractivity contribution in [2.75, 3.05) is 19.5 Å². The monoisotopic (exact) mass is 388 g/mol. The third-order valence-electron chi connectivity index (χ3n) is 4.43. The molecule has 0 aliphatic carbocycles. The molecular formula is C21H25ClN2O3. The molecule has 0 bridgehead atoms. The van der Waals surface area contributed by atoms with Gasteiger partial charge in [0.05, 0.1) is 7.11 Å². The van der Waals surface area contributed by atoms with Crippen LogP contribution in [0.15, 0.2) is 42.5 Å². The fraction of sp³-hybridized carbons (Fsp3) is 0.333. The number of benzene rings is 2. The Balaban J connectivity index is 2.14. The van der Waals surface area contributed by atoms with E-state index < -0.39 is 0 Å². The van der Waals surface area contributed by atoms with Crippen LogP contribution in [0, 0.1) is 5.92 Å². The maximum absolute atomic E-state index is 12.8. The van der Waals surface area contributed by atoms with Crippen LogP contribution in [0.2, 0.25) is 5.02 Å². The van der Waals surface area contributed by atoms with E-state index in [1.165, 1.54) is 0 Å². The second kappa shape index (κ2) is 9.42. The van der Waals surface area contributed by atoms with Crippen LogP contribution in [0.4, 0.5) is 5.69 Å². The van der Waals surface area contributed by atoms with E-state index in [1.54, 1.807) is 61.5 Å². The van der Waals surface area contributed by atoms with Crippen molar-refractivity contribution in [2.24, 2.45) is 5.92 Å². The van der Waals surface area contributed by atoms with Crippen LogP contribution in [0.3, 0.4) is 0 Å². The minimum Gasteiger partial charge on any atom is -0.496 e. The molecule has 0 aromatic heterocycles. The second-order valence-corrected chi connectivity index (χ2v) is 6.93. The number of amides is 2. The number of methoxy groups -OCH3 is 1. The van der Waals surface area contributed by atoms with Gasteiger partial charge in [-0.05, 0) is 42.8 Å². The number of ether oxygens (including phenoxy) is 1. The smallest absolute Gasteiger partial charge is 0.253 e. The minimum absolute atomic E-state index is 0.0564. The van der Waals surface area contributed by atoms with E-state index in [-0.39, 0.29) is 17.7 Å². The van der Waals surface area contributed by atoms with E-state index >= 15 is 0 Å². The Bertz CT molecular complexity index is 823. The van der Waals surface area contributed by atoms with Gasteiger partial charge in [-0.3, -0.25) is 9.59 Å². The van der Waals surface area contributed by atoms with Crippen LogP contribution in [0.1, 0.15) is 36.2 Å². The highest BCUT2D eigenvalue weighted by molar-refractivity contribution is 6.30. The van der Waals surface area contributed by atoms with Crippen LogP contribution in [-0.4, -0.2) is 30.9 Å². The molecule has 0 aliphatic heterocycles. The van der Waals surface area contributed by atoms with E-state index in [4.69, 9.17) is 16.3 Å². The van der Waals surface area contributed by atoms with Gasteiger partial charge in [0.2, 0.25) is 5.91 Å². The van der Waals surface area contributed by atoms with E-state index in [9.17, 15) is 9.59 Å². The molecule has 0 radical (unpaired) electrons. The van der Waals surface area contributed by atoms with Gasteiger partial charge < -0.3 is 15.0 Å². The first-order valence-corrected chi connectivity index (χ1v) is 9.22. The van der Waals surface area contributed by atoms with Gasteiger partial charge in [0.25, 0.3) is 5.91 Å². The number of hydrogen-bond donors (Lipinski definition) is 1. The SMILES string of the molecule is CCC(C)C(=O)Nc1cccc(C(=O)N(C)Cc2cc(Cl)ccc2OC)c1. The van der Waals surface area contributed by atoms with Crippen molar-refractivity contribution in [3.05, 3.63) is 58.6 Å². The van der Waals surface area contributed by atoms with Crippen molar-refractivity contribution in [3.8, 4) is 5.75 Å². The summed E-state index contributed by atoms with van der Waals surface area (Å²) in [6.45, 7) is 4.19. The largest absolute Gasteiger partial charge is 0.496 e. The lowest BCUT2D eigenvalue weighted by Gasteiger charge is -2.19. The zero-order valence-corrected chi connectivity index (χ0v) is 16.8. The molecule has 2 aromatic rings. The first-order chi connectivity index (χ1) is 12.8. The molecule has 1 N–H and O–H groups in total. The van der Waals surface area contributed by atoms with Gasteiger partial charge in [-0.25, -0.2) is 0 Å². The van der Waals surface area contributed by atoms with Gasteiger partial charge >= 0.3 is 0 Å². The Morgan fingerprint density at radius 1 is 1.22 bits per heavy atom. The Morgan fingerprint density at radius 2 is 1.96 bits per heavy atom. The molecule has 0 saturated carbocycles. The molecule has 0 spiro atoms. The summed E-state index contributed by atoms with van der Waals surface area (Å²) >= 11 is 6.06. The number of halogens is 1. The van der Waals surface area contributed by atoms with Gasteiger partial charge in [0.15, 0.2) is 0 Å². The number of carbonyl (C=O) groups is 2. The third-order valence-corrected chi connectivity index (χ3v) is 4.67. The highest BCUT2D eigenvalue weighted by atomic mass is 35.5. The Hall–Kier alpha value is -2.53. The van der Waals surface area contributed by atoms with Crippen molar-refractivity contribution < 1.29 is 14.3 Å². The van der Waals surface area contributed by atoms with Gasteiger partial charge in [-0.15, -0.1) is 0 Å². The van der Waals surface area contributed by atoms with Crippen molar-refractivity contribution in [3.63, 3.8) is 0 Å². The normalized spacial score (nSPS) is 11.6. The average molecular weight is 389 g/mol. The number of nitrogens with zero attached hydrogens (tertiary/aromatic N) is 1. The highest BCUT2D eigenvalue weighted by Crippen LogP contribution is 2.24. The number of anilines is 1. The lowest BCUT2D eigenvalue weighted by atomic mass is 10.1. The summed E-state index contributed by atoms with van der Waals surface area (Å²) in [6, 6.07) is 12.3. The van der Waals surface area contributed by atoms with E-state index in [1.807, 2.05) is 13.8 Å². The van der Waals surface area contributed by atoms with Gasteiger partial charge in [-0.2, -0.15) is 0 Å². The van der Waals surface area contributed by atoms with Crippen molar-refractivity contribution in [1.29, 1.82) is 0 Å². The quantitative estimate of drug-likeness (QED) is 0.753. The fourth-order valence-corrected chi connectivity index (χ4v) is 2.79. The lowest BCUT2D eigenvalue weighted by Crippen LogP contribution is -2.26. The maximum atomic E-state index is 12.8. The predicted octanol–water partition coefficient (Wildman–Crippen LogP) is 4.61. The molecule has 2 aromatic carbocycles. The summed E-state index contributed by atoms with van der Waals surface area (Å²) < 4.78 is 5.34. The van der Waals surface area contributed by atoms with Crippen LogP contribution in [0.5, 0.6) is 5.75 Å². The zero-order chi connectivity index (χ0) is 20.0. The number of nitrogens with one attached hydrogen (secondary N) is 1. The first-order valence-electron chi connectivity index (χ1n) is 8.84. The summed E-state index contributed by atoms with van der Waals surface area (Å²) in [6.07, 6.45) is 0.759. The van der Waals surface area contributed by atoms with Crippen molar-refractivity contribution >= 4 is 29.1 Å². The topological polar surface area (TPSA) is 58.6 Å². The summed E-state index contributed by atoms with van der Waals surface area (Å²) in [7, 11) is 3.30. The molecule has 2 rings (SSSR count). The average Bonchev–Trinajstić information content (AvgIpc) is 2.67. The standard InChI is InChI=1S/C21H25ClN2O3/c1-5-14(2)20(25)23-18-8-6-7-15(12-18)21(26)24(3)13-16-11-17(22)9-10-19(16)27-4/h6-12,14H,5,13H2,1-4H3,(H,23,25). The summed E-state index contributed by atoms with van der Waals surface area (Å²) in [5.41, 5.74) is 1.93. The molecule has 144 valence electrons. The molecule has 5 nitrogen and oxygen atoms in total. The Labute approximate surface area is 165 Å². The number of carbonyl (C=O) groups excluding carboxylic acids is 2. The van der Waals surface area contributed by atoms with Crippen molar-refractivity contribution in [1.82, 2.24) is 4.90 Å². The number of rotatable bonds is 7. The molecule has 27 heavy (non-hydrogen) atoms. The molecule has 1 unspecified atom stereocenters. The van der Waals surface area contributed by atoms with Crippen LogP contribution >= 0.6 is 11.6 Å². The molecule has 0 saturated heterocycles. The minimum atomic E-state index is -0.156. The van der Waals surface area contributed by atoms with Crippen LogP contribution in [-0.2, 0) is 11.3 Å². The molecule has 1 atom stereocenters. The van der Waals surface area contributed by atoms with Gasteiger partial charge in [0, 0.05) is 41.3 Å². The zero-order valence-electron chi connectivity index (χ0n) is 16.1. The van der Waals surface area contributed by atoms with Crippen LogP contribution in [0.25, 0.3) is 0 Å². The molecule has 6 heteroatoms. The molecular weight excluding hydrogens is 364 g/mol. The van der Waals surface area contributed by atoms with Gasteiger partial charge in [-0.1, -0.05) is 31.5 Å². The van der Waals surface area contributed by atoms with Crippen molar-refractivity contribution in [2.45, 2.75) is 26.8 Å². The molecule has 2 amide bonds. The fourth-order valence-electron chi connectivity index (χ4n) is 2.60. The Morgan fingerprint density at radius 3 is 2.63 bits per heavy atom. The summed E-state index contributed by atoms with van der Waals surface area (Å²) in [5, 5.41) is 3.44. The second-order valence-electron chi connectivity index (χ2n) is 6.50. The molecule has 0 heterocycles. The number of hydrogen-bond acceptors (Lipinski definition) is 3. The maximum Gasteiger partial charge on any atom is 0.253 e. The predicted molar refractivity (Wildman–Crippen MR) is 108 cm³/mol. The van der Waals surface area contributed by atoms with Crippen LogP contribution < -0.4 is 10.1 Å². The Kier molecular flexibility index (Phi) is 7.25. The molecule has 0 aliphatic rings.